The summed E-state index contributed by atoms with van der Waals surface area (Å²) in [7, 11) is 0. The third-order valence-electron chi connectivity index (χ3n) is 4.31. The Balaban J connectivity index is 0. The van der Waals surface area contributed by atoms with Gasteiger partial charge in [0.1, 0.15) is 0 Å². The van der Waals surface area contributed by atoms with Gasteiger partial charge in [-0.1, -0.05) is 109 Å². The molecule has 0 aromatic carbocycles. The fourth-order valence-electron chi connectivity index (χ4n) is 2.94. The summed E-state index contributed by atoms with van der Waals surface area (Å²) in [6.07, 6.45) is 20.4. The normalized spacial score (nSPS) is 11.8. The van der Waals surface area contributed by atoms with Gasteiger partial charge < -0.3 is 12.2 Å². The summed E-state index contributed by atoms with van der Waals surface area (Å²) in [6.45, 7) is 7.78. The van der Waals surface area contributed by atoms with Crippen LogP contribution in [-0.2, 0) is 4.79 Å². The predicted molar refractivity (Wildman–Crippen MR) is 97.9 cm³/mol. The van der Waals surface area contributed by atoms with Crippen molar-refractivity contribution >= 4 is 5.91 Å². The van der Waals surface area contributed by atoms with Crippen molar-refractivity contribution in [2.45, 2.75) is 116 Å². The van der Waals surface area contributed by atoms with Gasteiger partial charge in [-0.25, -0.2) is 0 Å². The maximum Gasteiger partial charge on any atom is 1.00 e. The second-order valence-corrected chi connectivity index (χ2v) is 6.78. The minimum Gasteiger partial charge on any atom is -0.383 e. The summed E-state index contributed by atoms with van der Waals surface area (Å²) in [6, 6.07) is 0.0924. The second-order valence-electron chi connectivity index (χ2n) is 6.78. The van der Waals surface area contributed by atoms with E-state index in [1.165, 1.54) is 89.9 Å². The first-order valence-electron chi connectivity index (χ1n) is 9.77. The van der Waals surface area contributed by atoms with Gasteiger partial charge in [0, 0.05) is 6.92 Å². The topological polar surface area (TPSA) is 29.1 Å². The SMILES string of the molecule is [CH2-]C(CCCCCCCCCCCCCCCC)NC(C)=O.[Na+]. The molecule has 0 aromatic heterocycles. The molecular weight excluding hydrogens is 293 g/mol. The zero-order valence-electron chi connectivity index (χ0n) is 16.3. The number of rotatable bonds is 16. The number of amides is 1. The summed E-state index contributed by atoms with van der Waals surface area (Å²) in [4.78, 5) is 10.9. The molecule has 0 saturated carbocycles. The molecule has 2 nitrogen and oxygen atoms in total. The Morgan fingerprint density at radius 3 is 1.48 bits per heavy atom. The van der Waals surface area contributed by atoms with E-state index in [4.69, 9.17) is 0 Å². The van der Waals surface area contributed by atoms with Crippen molar-refractivity contribution < 1.29 is 34.4 Å². The van der Waals surface area contributed by atoms with Crippen molar-refractivity contribution in [2.75, 3.05) is 0 Å². The predicted octanol–water partition coefficient (Wildman–Crippen LogP) is 3.20. The van der Waals surface area contributed by atoms with E-state index in [0.29, 0.717) is 0 Å². The zero-order chi connectivity index (χ0) is 16.5. The van der Waals surface area contributed by atoms with Gasteiger partial charge in [-0.15, -0.1) is 0 Å². The van der Waals surface area contributed by atoms with Gasteiger partial charge in [-0.2, -0.15) is 0 Å². The monoisotopic (exact) mass is 333 g/mol. The Kier molecular flexibility index (Phi) is 22.9. The summed E-state index contributed by atoms with van der Waals surface area (Å²) in [5.41, 5.74) is 0. The van der Waals surface area contributed by atoms with E-state index in [-0.39, 0.29) is 41.5 Å². The van der Waals surface area contributed by atoms with Crippen molar-refractivity contribution in [3.05, 3.63) is 6.92 Å². The third-order valence-corrected chi connectivity index (χ3v) is 4.31. The molecule has 0 saturated heterocycles. The molecule has 1 amide bonds. The maximum atomic E-state index is 10.9. The van der Waals surface area contributed by atoms with Crippen molar-refractivity contribution in [3.8, 4) is 0 Å². The molecule has 0 rings (SSSR count). The van der Waals surface area contributed by atoms with Gasteiger partial charge in [-0.05, 0) is 0 Å². The first-order chi connectivity index (χ1) is 10.7. The smallest absolute Gasteiger partial charge is 0.383 e. The molecule has 0 aliphatic carbocycles. The van der Waals surface area contributed by atoms with Gasteiger partial charge in [-0.3, -0.25) is 4.79 Å². The summed E-state index contributed by atoms with van der Waals surface area (Å²) >= 11 is 0. The van der Waals surface area contributed by atoms with Gasteiger partial charge in [0.2, 0.25) is 5.91 Å². The van der Waals surface area contributed by atoms with Crippen molar-refractivity contribution in [1.82, 2.24) is 5.32 Å². The Morgan fingerprint density at radius 1 is 0.783 bits per heavy atom. The van der Waals surface area contributed by atoms with Crippen LogP contribution in [0.3, 0.4) is 0 Å². The van der Waals surface area contributed by atoms with E-state index in [0.717, 1.165) is 6.42 Å². The molecule has 0 aliphatic rings. The van der Waals surface area contributed by atoms with Crippen LogP contribution in [0.5, 0.6) is 0 Å². The van der Waals surface area contributed by atoms with Gasteiger partial charge in [0.05, 0.1) is 0 Å². The van der Waals surface area contributed by atoms with E-state index in [2.05, 4.69) is 19.2 Å². The molecule has 0 bridgehead atoms. The second kappa shape index (κ2) is 20.5. The molecule has 0 spiro atoms. The number of unbranched alkanes of at least 4 members (excludes halogenated alkanes) is 13. The minimum absolute atomic E-state index is 0. The third kappa shape index (κ3) is 22.5. The number of carbonyl (C=O) groups excluding carboxylic acids is 1. The first-order valence-corrected chi connectivity index (χ1v) is 9.77. The number of carbonyl (C=O) groups is 1. The van der Waals surface area contributed by atoms with Crippen molar-refractivity contribution in [3.63, 3.8) is 0 Å². The van der Waals surface area contributed by atoms with Crippen LogP contribution in [0.15, 0.2) is 0 Å². The van der Waals surface area contributed by atoms with Crippen molar-refractivity contribution in [1.29, 1.82) is 0 Å². The molecular formula is C20H40NNaO. The van der Waals surface area contributed by atoms with Crippen LogP contribution < -0.4 is 34.9 Å². The molecule has 23 heavy (non-hydrogen) atoms. The average molecular weight is 334 g/mol. The van der Waals surface area contributed by atoms with Crippen LogP contribution in [0.2, 0.25) is 0 Å². The van der Waals surface area contributed by atoms with Gasteiger partial charge >= 0.3 is 29.6 Å². The average Bonchev–Trinajstić information content (AvgIpc) is 2.47. The molecule has 1 unspecified atom stereocenters. The summed E-state index contributed by atoms with van der Waals surface area (Å²) in [5, 5.41) is 2.84. The summed E-state index contributed by atoms with van der Waals surface area (Å²) < 4.78 is 0. The zero-order valence-corrected chi connectivity index (χ0v) is 18.3. The van der Waals surface area contributed by atoms with Crippen molar-refractivity contribution in [2.24, 2.45) is 0 Å². The molecule has 1 N–H and O–H groups in total. The number of hydrogen-bond acceptors (Lipinski definition) is 1. The Hall–Kier alpha value is 0.470. The quantitative estimate of drug-likeness (QED) is 0.262. The Bertz CT molecular complexity index is 246. The van der Waals surface area contributed by atoms with E-state index in [9.17, 15) is 4.79 Å². The molecule has 132 valence electrons. The van der Waals surface area contributed by atoms with Crippen LogP contribution >= 0.6 is 0 Å². The number of hydrogen-bond donors (Lipinski definition) is 1. The fraction of sp³-hybridized carbons (Fsp3) is 0.900. The van der Waals surface area contributed by atoms with E-state index in [1.54, 1.807) is 6.92 Å². The molecule has 0 heterocycles. The maximum absolute atomic E-state index is 10.9. The van der Waals surface area contributed by atoms with Crippen LogP contribution in [0.1, 0.15) is 110 Å². The van der Waals surface area contributed by atoms with Crippen LogP contribution in [-0.4, -0.2) is 11.9 Å². The van der Waals surface area contributed by atoms with Crippen LogP contribution in [0, 0.1) is 6.92 Å². The Morgan fingerprint density at radius 2 is 1.13 bits per heavy atom. The van der Waals surface area contributed by atoms with E-state index in [1.807, 2.05) is 0 Å². The van der Waals surface area contributed by atoms with Gasteiger partial charge in [0.25, 0.3) is 0 Å². The minimum atomic E-state index is 0. The number of nitrogens with one attached hydrogen (secondary N) is 1. The molecule has 1 atom stereocenters. The van der Waals surface area contributed by atoms with Gasteiger partial charge in [0.15, 0.2) is 0 Å². The molecule has 0 aliphatic heterocycles. The summed E-state index contributed by atoms with van der Waals surface area (Å²) in [5.74, 6) is 0.0327. The van der Waals surface area contributed by atoms with Crippen LogP contribution in [0.25, 0.3) is 0 Å². The molecule has 0 aromatic rings. The fourth-order valence-corrected chi connectivity index (χ4v) is 2.94. The first kappa shape index (κ1) is 25.7. The molecule has 3 heteroatoms. The van der Waals surface area contributed by atoms with Crippen LogP contribution in [0.4, 0.5) is 0 Å². The molecule has 0 fully saturated rings. The standard InChI is InChI=1S/C20H40NO.Na/c1-4-5-6-7-8-9-10-11-12-13-14-15-16-17-18-19(2)21-20(3)22;/h19H,2,4-18H2,1,3H3,(H,21,22);/q-1;+1. The largest absolute Gasteiger partial charge is 1.00 e. The van der Waals surface area contributed by atoms with E-state index < -0.39 is 0 Å². The Labute approximate surface area is 168 Å². The molecule has 0 radical (unpaired) electrons. The van der Waals surface area contributed by atoms with E-state index >= 15 is 0 Å².